The standard InChI is InChI=1S/C32H37F2N4O8PS/c1-19(39)36-31(2,3)27(35-28(40)26-17-21-16-22(11-12-25(21)48-26)32(33,34)47(43,44)45)30(42)38-13-7-10-23(38)29(41)37-14-15-46-24(18-37)20-8-5-4-6-9-20/h4-6,8-9,11-12,16-17,23-24,27H,7,10,13-15,18H2,1-3H3,(H,35,40)(H,36,39)(H2,43,44,45). The first kappa shape index (κ1) is 35.6. The third-order valence-corrected chi connectivity index (χ3v) is 10.7. The van der Waals surface area contributed by atoms with Gasteiger partial charge in [-0.1, -0.05) is 36.4 Å². The first-order chi connectivity index (χ1) is 22.5. The van der Waals surface area contributed by atoms with E-state index in [0.717, 1.165) is 29.0 Å². The Balaban J connectivity index is 1.38. The first-order valence-corrected chi connectivity index (χ1v) is 17.8. The molecular formula is C32H37F2N4O8PS. The molecule has 4 amide bonds. The second-order valence-corrected chi connectivity index (χ2v) is 15.2. The minimum Gasteiger partial charge on any atom is -0.370 e. The van der Waals surface area contributed by atoms with Crippen LogP contribution in [0, 0.1) is 0 Å². The Morgan fingerprint density at radius 1 is 1.06 bits per heavy atom. The van der Waals surface area contributed by atoms with Gasteiger partial charge in [0.2, 0.25) is 17.7 Å². The normalized spacial score (nSPS) is 19.6. The molecule has 2 aliphatic rings. The van der Waals surface area contributed by atoms with Crippen LogP contribution in [0.3, 0.4) is 0 Å². The Hall–Kier alpha value is -3.75. The lowest BCUT2D eigenvalue weighted by Crippen LogP contribution is -2.65. The van der Waals surface area contributed by atoms with Crippen molar-refractivity contribution in [3.05, 3.63) is 70.6 Å². The van der Waals surface area contributed by atoms with Crippen molar-refractivity contribution >= 4 is 52.6 Å². The fourth-order valence-corrected chi connectivity index (χ4v) is 7.59. The van der Waals surface area contributed by atoms with E-state index in [-0.39, 0.29) is 28.8 Å². The van der Waals surface area contributed by atoms with E-state index in [2.05, 4.69) is 10.6 Å². The molecule has 5 rings (SSSR count). The van der Waals surface area contributed by atoms with Crippen molar-refractivity contribution in [3.63, 3.8) is 0 Å². The summed E-state index contributed by atoms with van der Waals surface area (Å²) in [6.07, 6.45) is 0.644. The lowest BCUT2D eigenvalue weighted by molar-refractivity contribution is -0.150. The molecule has 3 unspecified atom stereocenters. The second kappa shape index (κ2) is 13.6. The monoisotopic (exact) mass is 706 g/mol. The molecule has 0 bridgehead atoms. The zero-order valence-electron chi connectivity index (χ0n) is 26.5. The predicted molar refractivity (Wildman–Crippen MR) is 173 cm³/mol. The third kappa shape index (κ3) is 7.30. The Morgan fingerprint density at radius 3 is 2.44 bits per heavy atom. The van der Waals surface area contributed by atoms with Gasteiger partial charge in [-0.3, -0.25) is 23.7 Å². The smallest absolute Gasteiger partial charge is 0.370 e. The lowest BCUT2D eigenvalue weighted by atomic mass is 9.92. The van der Waals surface area contributed by atoms with E-state index in [9.17, 15) is 32.5 Å². The Morgan fingerprint density at radius 2 is 1.77 bits per heavy atom. The highest BCUT2D eigenvalue weighted by Crippen LogP contribution is 2.59. The van der Waals surface area contributed by atoms with Gasteiger partial charge in [-0.05, 0) is 55.8 Å². The number of nitrogens with zero attached hydrogens (tertiary/aromatic N) is 2. The highest BCUT2D eigenvalue weighted by Gasteiger charge is 2.50. The minimum atomic E-state index is -5.81. The van der Waals surface area contributed by atoms with Crippen LogP contribution in [0.1, 0.15) is 60.5 Å². The number of halogens is 2. The molecule has 2 aliphatic heterocycles. The molecule has 0 saturated carbocycles. The van der Waals surface area contributed by atoms with Crippen molar-refractivity contribution in [1.82, 2.24) is 20.4 Å². The van der Waals surface area contributed by atoms with Crippen molar-refractivity contribution in [2.24, 2.45) is 0 Å². The van der Waals surface area contributed by atoms with Crippen molar-refractivity contribution in [2.45, 2.75) is 63.0 Å². The van der Waals surface area contributed by atoms with Gasteiger partial charge in [-0.25, -0.2) is 0 Å². The number of fused-ring (bicyclic) bond motifs is 1. The Bertz CT molecular complexity index is 1760. The topological polar surface area (TPSA) is 166 Å². The Kier molecular flexibility index (Phi) is 10.1. The molecule has 258 valence electrons. The number of rotatable bonds is 9. The molecule has 4 N–H and O–H groups in total. The lowest BCUT2D eigenvalue weighted by Gasteiger charge is -2.40. The number of carbonyl (C=O) groups excluding carboxylic acids is 4. The van der Waals surface area contributed by atoms with Gasteiger partial charge in [0.05, 0.1) is 23.6 Å². The number of amides is 4. The number of thiophene rings is 1. The van der Waals surface area contributed by atoms with Gasteiger partial charge in [0, 0.05) is 30.3 Å². The molecule has 3 atom stereocenters. The van der Waals surface area contributed by atoms with Crippen LogP contribution in [0.25, 0.3) is 10.1 Å². The van der Waals surface area contributed by atoms with Gasteiger partial charge in [-0.15, -0.1) is 11.3 Å². The molecule has 2 aromatic carbocycles. The maximum Gasteiger partial charge on any atom is 0.399 e. The fourth-order valence-electron chi connectivity index (χ4n) is 6.17. The van der Waals surface area contributed by atoms with E-state index in [1.165, 1.54) is 24.0 Å². The van der Waals surface area contributed by atoms with Gasteiger partial charge in [0.1, 0.15) is 18.2 Å². The van der Waals surface area contributed by atoms with Crippen molar-refractivity contribution in [3.8, 4) is 0 Å². The van der Waals surface area contributed by atoms with Gasteiger partial charge in [0.25, 0.3) is 5.91 Å². The average Bonchev–Trinajstić information content (AvgIpc) is 3.70. The number of nitrogens with one attached hydrogen (secondary N) is 2. The Labute approximate surface area is 279 Å². The summed E-state index contributed by atoms with van der Waals surface area (Å²) in [6.45, 7) is 5.65. The van der Waals surface area contributed by atoms with E-state index in [1.54, 1.807) is 18.7 Å². The van der Waals surface area contributed by atoms with Gasteiger partial charge in [-0.2, -0.15) is 8.78 Å². The molecule has 2 fully saturated rings. The summed E-state index contributed by atoms with van der Waals surface area (Å²) in [5, 5.41) is 5.55. The van der Waals surface area contributed by atoms with Crippen molar-refractivity contribution in [1.29, 1.82) is 0 Å². The number of ether oxygens (including phenoxy) is 1. The summed E-state index contributed by atoms with van der Waals surface area (Å²) in [7, 11) is -5.81. The van der Waals surface area contributed by atoms with Crippen LogP contribution < -0.4 is 10.6 Å². The van der Waals surface area contributed by atoms with Gasteiger partial charge >= 0.3 is 13.3 Å². The maximum absolute atomic E-state index is 14.4. The highest BCUT2D eigenvalue weighted by molar-refractivity contribution is 7.52. The number of hydrogen-bond acceptors (Lipinski definition) is 7. The minimum absolute atomic E-state index is 0.0346. The number of likely N-dealkylation sites (tertiary alicyclic amines) is 1. The SMILES string of the molecule is CC(=O)NC(C)(C)C(NC(=O)c1cc2cc(C(F)(F)P(=O)(O)O)ccc2s1)C(=O)N1CCCC1C(=O)N1CCOC(c2ccccc2)C1. The van der Waals surface area contributed by atoms with E-state index in [1.807, 2.05) is 30.3 Å². The summed E-state index contributed by atoms with van der Waals surface area (Å²) >= 11 is 0.929. The number of alkyl halides is 2. The largest absolute Gasteiger partial charge is 0.399 e. The number of benzene rings is 2. The molecule has 2 saturated heterocycles. The molecule has 48 heavy (non-hydrogen) atoms. The number of hydrogen-bond donors (Lipinski definition) is 4. The summed E-state index contributed by atoms with van der Waals surface area (Å²) < 4.78 is 46.4. The number of carbonyl (C=O) groups is 4. The van der Waals surface area contributed by atoms with Crippen LogP contribution in [0.2, 0.25) is 0 Å². The zero-order chi connectivity index (χ0) is 35.0. The van der Waals surface area contributed by atoms with E-state index in [0.29, 0.717) is 37.2 Å². The van der Waals surface area contributed by atoms with Gasteiger partial charge < -0.3 is 35.0 Å². The quantitative estimate of drug-likeness (QED) is 0.245. The highest BCUT2D eigenvalue weighted by atomic mass is 32.1. The molecule has 0 spiro atoms. The van der Waals surface area contributed by atoms with Crippen LogP contribution >= 0.6 is 18.9 Å². The molecule has 1 aromatic heterocycles. The molecule has 3 aromatic rings. The molecule has 3 heterocycles. The molecular weight excluding hydrogens is 669 g/mol. The molecule has 12 nitrogen and oxygen atoms in total. The zero-order valence-corrected chi connectivity index (χ0v) is 28.2. The van der Waals surface area contributed by atoms with Crippen LogP contribution in [0.4, 0.5) is 8.78 Å². The van der Waals surface area contributed by atoms with Crippen LogP contribution in [-0.2, 0) is 29.3 Å². The maximum atomic E-state index is 14.4. The summed E-state index contributed by atoms with van der Waals surface area (Å²) in [5.74, 6) is -2.01. The summed E-state index contributed by atoms with van der Waals surface area (Å²) in [5.41, 5.74) is -5.73. The molecule has 16 heteroatoms. The third-order valence-electron chi connectivity index (χ3n) is 8.57. The summed E-state index contributed by atoms with van der Waals surface area (Å²) in [4.78, 5) is 75.3. The van der Waals surface area contributed by atoms with Crippen LogP contribution in [-0.4, -0.2) is 87.1 Å². The average molecular weight is 707 g/mol. The first-order valence-electron chi connectivity index (χ1n) is 15.3. The molecule has 0 aliphatic carbocycles. The fraction of sp³-hybridized carbons (Fsp3) is 0.438. The summed E-state index contributed by atoms with van der Waals surface area (Å²) in [6, 6.07) is 11.7. The second-order valence-electron chi connectivity index (χ2n) is 12.5. The van der Waals surface area contributed by atoms with Crippen molar-refractivity contribution < 1.29 is 47.0 Å². The van der Waals surface area contributed by atoms with Crippen LogP contribution in [0.15, 0.2) is 54.6 Å². The van der Waals surface area contributed by atoms with Crippen molar-refractivity contribution in [2.75, 3.05) is 26.2 Å². The molecule has 0 radical (unpaired) electrons. The van der Waals surface area contributed by atoms with E-state index >= 15 is 0 Å². The predicted octanol–water partition coefficient (Wildman–Crippen LogP) is 3.73. The van der Waals surface area contributed by atoms with E-state index in [4.69, 9.17) is 14.5 Å². The van der Waals surface area contributed by atoms with E-state index < -0.39 is 54.2 Å². The number of morpholine rings is 1. The van der Waals surface area contributed by atoms with Gasteiger partial charge in [0.15, 0.2) is 0 Å². The van der Waals surface area contributed by atoms with Crippen LogP contribution in [0.5, 0.6) is 0 Å².